The van der Waals surface area contributed by atoms with Crippen molar-refractivity contribution in [2.75, 3.05) is 19.0 Å². The van der Waals surface area contributed by atoms with E-state index in [9.17, 15) is 50.9 Å². The molecule has 0 atom stereocenters. The number of amides is 2. The Morgan fingerprint density at radius 2 is 1.52 bits per heavy atom. The average Bonchev–Trinajstić information content (AvgIpc) is 3.23. The molecule has 2 amide bonds. The zero-order valence-electron chi connectivity index (χ0n) is 32.7. The minimum atomic E-state index is -4.58. The molecule has 0 saturated heterocycles. The number of carboxylic acids is 3. The van der Waals surface area contributed by atoms with Gasteiger partial charge in [-0.15, -0.1) is 0 Å². The summed E-state index contributed by atoms with van der Waals surface area (Å²) < 4.78 is 79.0. The van der Waals surface area contributed by atoms with Gasteiger partial charge >= 0.3 is 36.1 Å². The number of urea groups is 1. The first kappa shape index (κ1) is 49.8. The van der Waals surface area contributed by atoms with Crippen LogP contribution in [0.25, 0.3) is 10.9 Å². The lowest BCUT2D eigenvalue weighted by Gasteiger charge is -2.11. The van der Waals surface area contributed by atoms with E-state index in [1.807, 2.05) is 0 Å². The lowest BCUT2D eigenvalue weighted by Crippen LogP contribution is -2.35. The lowest BCUT2D eigenvalue weighted by molar-refractivity contribution is -0.385. The number of carbonyl (C=O) groups is 4. The molecular formula is C38H28Cl2F3N7O14S. The highest BCUT2D eigenvalue weighted by Crippen LogP contribution is 2.37. The molecule has 0 radical (unpaired) electrons. The Labute approximate surface area is 372 Å². The number of carboxylic acid groups (broad SMARTS) is 3. The summed E-state index contributed by atoms with van der Waals surface area (Å²) in [5.74, 6) is -3.88. The Kier molecular flexibility index (Phi) is 16.4. The van der Waals surface area contributed by atoms with E-state index in [0.717, 1.165) is 47.9 Å². The summed E-state index contributed by atoms with van der Waals surface area (Å²) in [4.78, 5) is 69.3. The van der Waals surface area contributed by atoms with Crippen LogP contribution in [0, 0.1) is 17.0 Å². The van der Waals surface area contributed by atoms with Crippen LogP contribution in [0.15, 0.2) is 96.0 Å². The molecule has 0 bridgehead atoms. The Bertz CT molecular complexity index is 2910. The number of rotatable bonds is 12. The van der Waals surface area contributed by atoms with Gasteiger partial charge in [-0.1, -0.05) is 35.3 Å². The second-order valence-corrected chi connectivity index (χ2v) is 14.6. The first-order valence-electron chi connectivity index (χ1n) is 17.4. The third-order valence-electron chi connectivity index (χ3n) is 7.68. The Hall–Kier alpha value is -7.90. The van der Waals surface area contributed by atoms with E-state index >= 15 is 0 Å². The van der Waals surface area contributed by atoms with Gasteiger partial charge in [0.1, 0.15) is 39.0 Å². The van der Waals surface area contributed by atoms with Crippen molar-refractivity contribution in [1.82, 2.24) is 24.7 Å². The monoisotopic (exact) mass is 965 g/mol. The lowest BCUT2D eigenvalue weighted by atomic mass is 10.1. The second-order valence-electron chi connectivity index (χ2n) is 12.2. The molecule has 65 heavy (non-hydrogen) atoms. The number of hydrogen-bond donors (Lipinski definition) is 5. The first-order chi connectivity index (χ1) is 30.5. The van der Waals surface area contributed by atoms with Crippen molar-refractivity contribution < 1.29 is 75.2 Å². The summed E-state index contributed by atoms with van der Waals surface area (Å²) in [6.07, 6.45) is -2.97. The molecule has 0 fully saturated rings. The van der Waals surface area contributed by atoms with Crippen LogP contribution in [0.5, 0.6) is 23.3 Å². The number of methoxy groups -OCH3 is 1. The number of carbonyl (C=O) groups excluding carboxylic acids is 1. The van der Waals surface area contributed by atoms with Crippen molar-refractivity contribution in [3.05, 3.63) is 134 Å². The highest BCUT2D eigenvalue weighted by atomic mass is 35.5. The number of aromatic carboxylic acids is 2. The Morgan fingerprint density at radius 3 is 2.14 bits per heavy atom. The number of aromatic nitrogens is 4. The molecule has 5 N–H and O–H groups in total. The summed E-state index contributed by atoms with van der Waals surface area (Å²) in [5, 5.41) is 40.4. The van der Waals surface area contributed by atoms with Crippen LogP contribution in [-0.4, -0.2) is 86.3 Å². The molecule has 2 heterocycles. The summed E-state index contributed by atoms with van der Waals surface area (Å²) in [5.41, 5.74) is -2.15. The number of nitro groups is 1. The molecule has 0 spiro atoms. The molecule has 6 rings (SSSR count). The zero-order chi connectivity index (χ0) is 48.2. The van der Waals surface area contributed by atoms with Crippen molar-refractivity contribution in [3.63, 3.8) is 0 Å². The highest BCUT2D eigenvalue weighted by Gasteiger charge is 2.31. The normalized spacial score (nSPS) is 10.8. The minimum Gasteiger partial charge on any atom is -0.480 e. The zero-order valence-corrected chi connectivity index (χ0v) is 35.1. The van der Waals surface area contributed by atoms with Crippen LogP contribution in [0.3, 0.4) is 0 Å². The number of sulfonamides is 1. The molecule has 0 aliphatic heterocycles. The van der Waals surface area contributed by atoms with Crippen LogP contribution in [0.4, 0.5) is 29.6 Å². The van der Waals surface area contributed by atoms with Gasteiger partial charge in [0.05, 0.1) is 33.2 Å². The van der Waals surface area contributed by atoms with E-state index in [0.29, 0.717) is 22.4 Å². The number of nitrogens with one attached hydrogen (secondary N) is 2. The maximum absolute atomic E-state index is 12.6. The number of anilines is 1. The third-order valence-corrected chi connectivity index (χ3v) is 9.70. The summed E-state index contributed by atoms with van der Waals surface area (Å²) in [6.45, 7) is 1.13. The second kappa shape index (κ2) is 21.5. The summed E-state index contributed by atoms with van der Waals surface area (Å²) in [6, 6.07) is 15.7. The number of ether oxygens (including phenoxy) is 3. The van der Waals surface area contributed by atoms with Gasteiger partial charge in [0.2, 0.25) is 5.95 Å². The molecule has 27 heteroatoms. The molecular weight excluding hydrogens is 938 g/mol. The molecule has 21 nitrogen and oxygen atoms in total. The van der Waals surface area contributed by atoms with Crippen molar-refractivity contribution in [3.8, 4) is 23.3 Å². The molecule has 0 unspecified atom stereocenters. The number of hydrogen-bond acceptors (Lipinski definition) is 15. The molecule has 0 saturated carbocycles. The van der Waals surface area contributed by atoms with Crippen LogP contribution in [-0.2, 0) is 21.0 Å². The van der Waals surface area contributed by atoms with Gasteiger partial charge in [-0.05, 0) is 67.6 Å². The van der Waals surface area contributed by atoms with E-state index in [4.69, 9.17) is 52.7 Å². The molecule has 340 valence electrons. The predicted molar refractivity (Wildman–Crippen MR) is 220 cm³/mol. The molecule has 4 aromatic carbocycles. The van der Waals surface area contributed by atoms with Gasteiger partial charge in [-0.3, -0.25) is 20.4 Å². The van der Waals surface area contributed by atoms with Crippen molar-refractivity contribution in [2.24, 2.45) is 0 Å². The van der Waals surface area contributed by atoms with Gasteiger partial charge in [-0.2, -0.15) is 28.1 Å². The van der Waals surface area contributed by atoms with Gasteiger partial charge in [0.25, 0.3) is 15.7 Å². The topological polar surface area (TPSA) is 310 Å². The Balaban J connectivity index is 0.000000219. The SMILES string of the molecule is COc1nc(C)nc(NC(=O)NS(=O)(=O)c2ccccc2C(=O)O)n1.O=C(O)COc1ccc(Cl)c2cccnc12.O=C(O)c1cc(Oc2ccc(C(F)(F)F)cc2Cl)ccc1[N+](=O)[O-]. The van der Waals surface area contributed by atoms with E-state index < -0.39 is 78.9 Å². The van der Waals surface area contributed by atoms with Crippen LogP contribution in [0.2, 0.25) is 10.0 Å². The largest absolute Gasteiger partial charge is 0.480 e. The maximum Gasteiger partial charge on any atom is 0.416 e. The van der Waals surface area contributed by atoms with Crippen molar-refractivity contribution in [1.29, 1.82) is 0 Å². The maximum atomic E-state index is 12.6. The number of fused-ring (bicyclic) bond motifs is 1. The number of nitro benzene ring substituents is 1. The highest BCUT2D eigenvalue weighted by molar-refractivity contribution is 7.90. The fourth-order valence-electron chi connectivity index (χ4n) is 4.95. The number of aryl methyl sites for hydroxylation is 1. The number of aliphatic carboxylic acids is 1. The average molecular weight is 967 g/mol. The smallest absolute Gasteiger partial charge is 0.416 e. The van der Waals surface area contributed by atoms with Gasteiger partial charge in [-0.25, -0.2) is 32.3 Å². The van der Waals surface area contributed by atoms with E-state index in [2.05, 4.69) is 25.3 Å². The minimum absolute atomic E-state index is 0.0677. The van der Waals surface area contributed by atoms with E-state index in [1.54, 1.807) is 35.2 Å². The number of benzene rings is 4. The number of alkyl halides is 3. The van der Waals surface area contributed by atoms with Gasteiger partial charge in [0.15, 0.2) is 6.61 Å². The van der Waals surface area contributed by atoms with Crippen LogP contribution < -0.4 is 24.2 Å². The number of halogens is 5. The van der Waals surface area contributed by atoms with E-state index in [-0.39, 0.29) is 34.3 Å². The standard InChI is InChI=1S/C14H7ClF3NO5.C13H13N5O6S.C11H8ClNO3/c15-10-5-7(14(16,17)18)1-4-12(10)24-8-2-3-11(19(22)23)9(6-8)13(20)21;1-7-14-11(17-13(15-7)24-2)16-12(21)18-25(22,23)9-6-4-3-5-8(9)10(19)20;12-8-3-4-9(16-6-10(14)15)11-7(8)2-1-5-13-11/h1-6H,(H,20,21);3-6H,1-2H3,(H,19,20)(H2,14,15,16,17,18,21);1-5H,6H2,(H,14,15). The van der Waals surface area contributed by atoms with Crippen LogP contribution in [0.1, 0.15) is 32.1 Å². The quantitative estimate of drug-likeness (QED) is 0.0585. The molecule has 6 aromatic rings. The molecule has 2 aromatic heterocycles. The van der Waals surface area contributed by atoms with Gasteiger partial charge in [0, 0.05) is 23.7 Å². The predicted octanol–water partition coefficient (Wildman–Crippen LogP) is 7.51. The summed E-state index contributed by atoms with van der Waals surface area (Å²) >= 11 is 11.7. The fraction of sp³-hybridized carbons (Fsp3) is 0.105. The molecule has 0 aliphatic rings. The first-order valence-corrected chi connectivity index (χ1v) is 19.6. The van der Waals surface area contributed by atoms with Gasteiger partial charge < -0.3 is 29.5 Å². The van der Waals surface area contributed by atoms with E-state index in [1.165, 1.54) is 26.2 Å². The summed E-state index contributed by atoms with van der Waals surface area (Å²) in [7, 11) is -3.11. The Morgan fingerprint density at radius 1 is 0.846 bits per heavy atom. The third kappa shape index (κ3) is 13.8. The van der Waals surface area contributed by atoms with Crippen LogP contribution >= 0.6 is 23.2 Å². The number of pyridine rings is 1. The van der Waals surface area contributed by atoms with Crippen molar-refractivity contribution >= 4 is 79.7 Å². The number of nitrogens with zero attached hydrogens (tertiary/aromatic N) is 5. The fourth-order valence-corrected chi connectivity index (χ4v) is 6.49. The van der Waals surface area contributed by atoms with Crippen molar-refractivity contribution in [2.45, 2.75) is 18.0 Å². The molecule has 0 aliphatic carbocycles.